The molecule has 2 aromatic rings. The number of pyridine rings is 1. The molecule has 1 fully saturated rings. The fourth-order valence-electron chi connectivity index (χ4n) is 3.30. The van der Waals surface area contributed by atoms with Gasteiger partial charge in [0.1, 0.15) is 12.0 Å². The summed E-state index contributed by atoms with van der Waals surface area (Å²) in [7, 11) is 0. The van der Waals surface area contributed by atoms with E-state index in [9.17, 15) is 10.1 Å². The molecule has 1 aromatic carbocycles. The summed E-state index contributed by atoms with van der Waals surface area (Å²) in [6.07, 6.45) is 2.42. The molecule has 1 saturated carbocycles. The van der Waals surface area contributed by atoms with E-state index >= 15 is 0 Å². The second-order valence-corrected chi connectivity index (χ2v) is 5.42. The van der Waals surface area contributed by atoms with Crippen molar-refractivity contribution >= 4 is 11.5 Å². The Morgan fingerprint density at radius 3 is 2.85 bits per heavy atom. The average molecular weight is 267 g/mol. The molecule has 1 heterocycles. The second kappa shape index (κ2) is 4.03. The summed E-state index contributed by atoms with van der Waals surface area (Å²) in [4.78, 5) is 14.3. The van der Waals surface area contributed by atoms with Crippen LogP contribution in [0.1, 0.15) is 17.0 Å². The molecule has 0 saturated heterocycles. The molecule has 0 unspecified atom stereocenters. The van der Waals surface area contributed by atoms with Crippen LogP contribution in [-0.4, -0.2) is 15.9 Å². The lowest BCUT2D eigenvalue weighted by Gasteiger charge is -2.09. The van der Waals surface area contributed by atoms with Gasteiger partial charge in [-0.15, -0.1) is 0 Å². The molecule has 20 heavy (non-hydrogen) atoms. The first-order valence-electron chi connectivity index (χ1n) is 6.69. The monoisotopic (exact) mass is 267 g/mol. The van der Waals surface area contributed by atoms with Gasteiger partial charge in [0, 0.05) is 18.0 Å². The van der Waals surface area contributed by atoms with Crippen LogP contribution in [0.15, 0.2) is 42.6 Å². The number of rotatable bonds is 3. The lowest BCUT2D eigenvalue weighted by atomic mass is 10.1. The van der Waals surface area contributed by atoms with Crippen molar-refractivity contribution in [3.63, 3.8) is 0 Å². The Morgan fingerprint density at radius 2 is 2.10 bits per heavy atom. The van der Waals surface area contributed by atoms with Crippen LogP contribution in [0.25, 0.3) is 0 Å². The van der Waals surface area contributed by atoms with Crippen LogP contribution in [0.2, 0.25) is 0 Å². The number of nitro groups is 1. The predicted molar refractivity (Wildman–Crippen MR) is 74.7 cm³/mol. The molecule has 0 aliphatic heterocycles. The Bertz CT molecular complexity index is 684. The lowest BCUT2D eigenvalue weighted by molar-refractivity contribution is -0.385. The normalized spacial score (nSPS) is 25.7. The SMILES string of the molecule is O=[N+]([O-])c1ccc(N[C@@H]2[C@H]3Cc4ccccc4[C@@H]32)nc1. The quantitative estimate of drug-likeness (QED) is 0.685. The number of benzene rings is 1. The summed E-state index contributed by atoms with van der Waals surface area (Å²) in [5.41, 5.74) is 2.92. The molecule has 4 rings (SSSR count). The van der Waals surface area contributed by atoms with Crippen LogP contribution in [0, 0.1) is 16.0 Å². The van der Waals surface area contributed by atoms with Gasteiger partial charge in [0.2, 0.25) is 0 Å². The zero-order valence-electron chi connectivity index (χ0n) is 10.7. The van der Waals surface area contributed by atoms with Gasteiger partial charge in [-0.3, -0.25) is 10.1 Å². The third kappa shape index (κ3) is 1.66. The van der Waals surface area contributed by atoms with E-state index in [1.54, 1.807) is 6.07 Å². The van der Waals surface area contributed by atoms with Gasteiger partial charge in [-0.2, -0.15) is 0 Å². The van der Waals surface area contributed by atoms with E-state index in [2.05, 4.69) is 34.6 Å². The number of hydrogen-bond acceptors (Lipinski definition) is 4. The lowest BCUT2D eigenvalue weighted by Crippen LogP contribution is -2.10. The van der Waals surface area contributed by atoms with Gasteiger partial charge >= 0.3 is 0 Å². The van der Waals surface area contributed by atoms with E-state index in [0.717, 1.165) is 6.42 Å². The highest BCUT2D eigenvalue weighted by molar-refractivity contribution is 5.51. The molecule has 0 radical (unpaired) electrons. The topological polar surface area (TPSA) is 68.1 Å². The minimum absolute atomic E-state index is 0.0249. The first-order chi connectivity index (χ1) is 9.74. The number of nitrogens with zero attached hydrogens (tertiary/aromatic N) is 2. The van der Waals surface area contributed by atoms with Gasteiger partial charge in [0.15, 0.2) is 0 Å². The zero-order chi connectivity index (χ0) is 13.7. The van der Waals surface area contributed by atoms with Crippen molar-refractivity contribution in [1.29, 1.82) is 0 Å². The largest absolute Gasteiger partial charge is 0.366 e. The predicted octanol–water partition coefficient (Wildman–Crippen LogP) is 2.74. The van der Waals surface area contributed by atoms with E-state index in [4.69, 9.17) is 0 Å². The van der Waals surface area contributed by atoms with Gasteiger partial charge < -0.3 is 5.32 Å². The Hall–Kier alpha value is -2.43. The summed E-state index contributed by atoms with van der Waals surface area (Å²) in [6, 6.07) is 12.1. The maximum absolute atomic E-state index is 10.6. The third-order valence-corrected chi connectivity index (χ3v) is 4.31. The Morgan fingerprint density at radius 1 is 1.25 bits per heavy atom. The maximum Gasteiger partial charge on any atom is 0.287 e. The molecule has 0 bridgehead atoms. The fourth-order valence-corrected chi connectivity index (χ4v) is 3.30. The summed E-state index contributed by atoms with van der Waals surface area (Å²) < 4.78 is 0. The van der Waals surface area contributed by atoms with Crippen LogP contribution in [-0.2, 0) is 6.42 Å². The minimum Gasteiger partial charge on any atom is -0.366 e. The van der Waals surface area contributed by atoms with E-state index in [-0.39, 0.29) is 5.69 Å². The van der Waals surface area contributed by atoms with E-state index in [0.29, 0.717) is 23.7 Å². The number of anilines is 1. The van der Waals surface area contributed by atoms with Crippen molar-refractivity contribution in [2.24, 2.45) is 5.92 Å². The van der Waals surface area contributed by atoms with Gasteiger partial charge in [-0.05, 0) is 29.5 Å². The molecule has 3 atom stereocenters. The summed E-state index contributed by atoms with van der Waals surface area (Å²) >= 11 is 0. The Balaban J connectivity index is 1.49. The standard InChI is InChI=1S/C15H13N3O2/c19-18(20)10-5-6-13(16-8-10)17-15-12-7-9-3-1-2-4-11(9)14(12)15/h1-6,8,12,14-15H,7H2,(H,16,17)/t12-,14-,15+/m0/s1. The number of fused-ring (bicyclic) bond motifs is 3. The van der Waals surface area contributed by atoms with Crippen LogP contribution in [0.3, 0.4) is 0 Å². The van der Waals surface area contributed by atoms with Crippen LogP contribution in [0.5, 0.6) is 0 Å². The molecule has 100 valence electrons. The van der Waals surface area contributed by atoms with E-state index in [1.165, 1.54) is 23.4 Å². The summed E-state index contributed by atoms with van der Waals surface area (Å²) in [5.74, 6) is 1.93. The van der Waals surface area contributed by atoms with Gasteiger partial charge in [-0.25, -0.2) is 4.98 Å². The highest BCUT2D eigenvalue weighted by atomic mass is 16.6. The van der Waals surface area contributed by atoms with Crippen molar-refractivity contribution < 1.29 is 4.92 Å². The number of hydrogen-bond donors (Lipinski definition) is 1. The zero-order valence-corrected chi connectivity index (χ0v) is 10.7. The summed E-state index contributed by atoms with van der Waals surface area (Å²) in [6.45, 7) is 0. The highest BCUT2D eigenvalue weighted by Gasteiger charge is 2.55. The minimum atomic E-state index is -0.432. The first-order valence-corrected chi connectivity index (χ1v) is 6.69. The summed E-state index contributed by atoms with van der Waals surface area (Å²) in [5, 5.41) is 14.0. The van der Waals surface area contributed by atoms with Crippen molar-refractivity contribution in [2.75, 3.05) is 5.32 Å². The number of aromatic nitrogens is 1. The first kappa shape index (κ1) is 11.4. The molecular weight excluding hydrogens is 254 g/mol. The average Bonchev–Trinajstić information content (AvgIpc) is 2.97. The highest BCUT2D eigenvalue weighted by Crippen LogP contribution is 2.57. The Kier molecular flexibility index (Phi) is 2.30. The van der Waals surface area contributed by atoms with Gasteiger partial charge in [0.05, 0.1) is 4.92 Å². The molecule has 5 heteroatoms. The molecule has 2 aliphatic carbocycles. The number of nitrogens with one attached hydrogen (secondary N) is 1. The molecule has 0 spiro atoms. The molecule has 2 aliphatic rings. The second-order valence-electron chi connectivity index (χ2n) is 5.42. The molecule has 1 aromatic heterocycles. The van der Waals surface area contributed by atoms with Gasteiger partial charge in [0.25, 0.3) is 5.69 Å². The smallest absolute Gasteiger partial charge is 0.287 e. The van der Waals surface area contributed by atoms with Crippen LogP contribution >= 0.6 is 0 Å². The van der Waals surface area contributed by atoms with E-state index < -0.39 is 4.92 Å². The maximum atomic E-state index is 10.6. The van der Waals surface area contributed by atoms with E-state index in [1.807, 2.05) is 0 Å². The van der Waals surface area contributed by atoms with Crippen molar-refractivity contribution in [2.45, 2.75) is 18.4 Å². The van der Waals surface area contributed by atoms with Crippen molar-refractivity contribution in [3.05, 3.63) is 63.8 Å². The molecule has 1 N–H and O–H groups in total. The molecule has 0 amide bonds. The van der Waals surface area contributed by atoms with Crippen molar-refractivity contribution in [1.82, 2.24) is 4.98 Å². The fraction of sp³-hybridized carbons (Fsp3) is 0.267. The third-order valence-electron chi connectivity index (χ3n) is 4.31. The van der Waals surface area contributed by atoms with Gasteiger partial charge in [-0.1, -0.05) is 24.3 Å². The van der Waals surface area contributed by atoms with Crippen LogP contribution < -0.4 is 5.32 Å². The van der Waals surface area contributed by atoms with Crippen LogP contribution in [0.4, 0.5) is 11.5 Å². The molecule has 5 nitrogen and oxygen atoms in total. The molecular formula is C15H13N3O2. The van der Waals surface area contributed by atoms with Crippen molar-refractivity contribution in [3.8, 4) is 0 Å². The Labute approximate surface area is 115 Å².